The van der Waals surface area contributed by atoms with Crippen LogP contribution in [-0.4, -0.2) is 63.5 Å². The van der Waals surface area contributed by atoms with Crippen molar-refractivity contribution in [2.24, 2.45) is 0 Å². The van der Waals surface area contributed by atoms with Crippen LogP contribution in [0.3, 0.4) is 0 Å². The van der Waals surface area contributed by atoms with Gasteiger partial charge in [0.1, 0.15) is 0 Å². The van der Waals surface area contributed by atoms with E-state index in [0.29, 0.717) is 0 Å². The summed E-state index contributed by atoms with van der Waals surface area (Å²) in [6.07, 6.45) is 0. The molecule has 122 valence electrons. The van der Waals surface area contributed by atoms with E-state index in [4.69, 9.17) is 52.6 Å². The maximum absolute atomic E-state index is 8.52. The van der Waals surface area contributed by atoms with Crippen LogP contribution in [0.5, 0.6) is 0 Å². The van der Waals surface area contributed by atoms with Crippen LogP contribution in [0.25, 0.3) is 0 Å². The van der Waals surface area contributed by atoms with Crippen LogP contribution in [0.1, 0.15) is 0 Å². The largest absolute Gasteiger partial charge is 3.00 e. The van der Waals surface area contributed by atoms with Crippen molar-refractivity contribution in [1.82, 2.24) is 0 Å². The standard InChI is InChI=1S/2Fe.3H2O4S.2H2O/c;;3*1-5(2,3)4;;/h;;3*(H2,1,2,3,4);2*1H2/q2*+3;;;;;/p-6. The zero-order valence-corrected chi connectivity index (χ0v) is 12.5. The zero-order valence-electron chi connectivity index (χ0n) is 7.83. The molecule has 0 saturated carbocycles. The zero-order chi connectivity index (χ0) is 13.5. The molecule has 0 heterocycles. The van der Waals surface area contributed by atoms with Gasteiger partial charge in [-0.05, 0) is 0 Å². The molecule has 0 aliphatic carbocycles. The van der Waals surface area contributed by atoms with Crippen LogP contribution < -0.4 is 0 Å². The Labute approximate surface area is 128 Å². The molecule has 0 aromatic carbocycles. The molecule has 4 N–H and O–H groups in total. The van der Waals surface area contributed by atoms with Crippen molar-refractivity contribution in [1.29, 1.82) is 0 Å². The first-order chi connectivity index (χ1) is 6.00. The Morgan fingerprint density at radius 3 is 0.421 bits per heavy atom. The smallest absolute Gasteiger partial charge is 0.759 e. The fourth-order valence-electron chi connectivity index (χ4n) is 0. The maximum Gasteiger partial charge on any atom is 3.00 e. The summed E-state index contributed by atoms with van der Waals surface area (Å²) in [7, 11) is -15.5. The molecule has 0 aromatic heterocycles. The molecule has 0 aromatic rings. The molecular weight excluding hydrogens is 432 g/mol. The summed E-state index contributed by atoms with van der Waals surface area (Å²) in [5.74, 6) is 0. The molecule has 19 heavy (non-hydrogen) atoms. The third kappa shape index (κ3) is 15700. The van der Waals surface area contributed by atoms with E-state index in [1.807, 2.05) is 0 Å². The quantitative estimate of drug-likeness (QED) is 0.195. The second kappa shape index (κ2) is 16.6. The van der Waals surface area contributed by atoms with E-state index in [0.717, 1.165) is 0 Å². The van der Waals surface area contributed by atoms with Gasteiger partial charge in [0.05, 0.1) is 0 Å². The molecule has 0 amide bonds. The predicted molar refractivity (Wildman–Crippen MR) is 38.7 cm³/mol. The normalized spacial score (nSPS) is 9.16. The van der Waals surface area contributed by atoms with Crippen molar-refractivity contribution >= 4 is 31.2 Å². The Kier molecular flexibility index (Phi) is 37.4. The van der Waals surface area contributed by atoms with Crippen LogP contribution >= 0.6 is 0 Å². The fraction of sp³-hybridized carbons (Fsp3) is 0. The van der Waals surface area contributed by atoms with Gasteiger partial charge >= 0.3 is 34.1 Å². The molecule has 0 saturated heterocycles. The second-order valence-electron chi connectivity index (χ2n) is 1.22. The molecule has 0 fully saturated rings. The van der Waals surface area contributed by atoms with E-state index in [-0.39, 0.29) is 45.1 Å². The van der Waals surface area contributed by atoms with Gasteiger partial charge in [-0.1, -0.05) is 0 Å². The van der Waals surface area contributed by atoms with E-state index in [1.54, 1.807) is 0 Å². The van der Waals surface area contributed by atoms with E-state index < -0.39 is 31.2 Å². The molecular formula is H4Fe2O14S3. The van der Waals surface area contributed by atoms with Crippen molar-refractivity contribution in [3.05, 3.63) is 0 Å². The number of rotatable bonds is 0. The molecule has 0 unspecified atom stereocenters. The average Bonchev–Trinajstić information content (AvgIpc) is 1.41. The van der Waals surface area contributed by atoms with E-state index >= 15 is 0 Å². The van der Waals surface area contributed by atoms with Crippen molar-refractivity contribution in [3.63, 3.8) is 0 Å². The van der Waals surface area contributed by atoms with Crippen molar-refractivity contribution < 1.29 is 97.7 Å². The summed E-state index contributed by atoms with van der Waals surface area (Å²) in [4.78, 5) is 0. The van der Waals surface area contributed by atoms with Gasteiger partial charge in [-0.25, -0.2) is 0 Å². The minimum atomic E-state index is -5.17. The first-order valence-electron chi connectivity index (χ1n) is 2.00. The van der Waals surface area contributed by atoms with E-state index in [2.05, 4.69) is 0 Å². The van der Waals surface area contributed by atoms with Gasteiger partial charge in [-0.3, -0.25) is 25.3 Å². The third-order valence-electron chi connectivity index (χ3n) is 0. The SMILES string of the molecule is O.O.O=S(=O)([O-])[O-].O=S(=O)([O-])[O-].O=S(=O)([O-])[O-].[Fe+3].[Fe+3]. The number of hydrogen-bond acceptors (Lipinski definition) is 12. The summed E-state index contributed by atoms with van der Waals surface area (Å²) in [5.41, 5.74) is 0. The average molecular weight is 436 g/mol. The Morgan fingerprint density at radius 2 is 0.421 bits per heavy atom. The van der Waals surface area contributed by atoms with E-state index in [9.17, 15) is 0 Å². The van der Waals surface area contributed by atoms with Crippen molar-refractivity contribution in [2.45, 2.75) is 0 Å². The molecule has 0 aliphatic heterocycles. The van der Waals surface area contributed by atoms with Crippen molar-refractivity contribution in [3.8, 4) is 0 Å². The second-order valence-corrected chi connectivity index (χ2v) is 3.67. The predicted octanol–water partition coefficient (Wildman–Crippen LogP) is -5.67. The molecule has 0 spiro atoms. The minimum absolute atomic E-state index is 0. The van der Waals surface area contributed by atoms with Gasteiger partial charge in [0.15, 0.2) is 0 Å². The molecule has 0 aliphatic rings. The molecule has 0 rings (SSSR count). The molecule has 0 atom stereocenters. The maximum atomic E-state index is 8.52. The summed E-state index contributed by atoms with van der Waals surface area (Å²) < 4.78 is 102. The van der Waals surface area contributed by atoms with Gasteiger partial charge in [0.25, 0.3) is 0 Å². The third-order valence-corrected chi connectivity index (χ3v) is 0. The minimum Gasteiger partial charge on any atom is -0.759 e. The Hall–Kier alpha value is 0.569. The van der Waals surface area contributed by atoms with Crippen LogP contribution in [0.15, 0.2) is 0 Å². The summed E-state index contributed by atoms with van der Waals surface area (Å²) >= 11 is 0. The molecule has 14 nitrogen and oxygen atoms in total. The monoisotopic (exact) mass is 436 g/mol. The summed E-state index contributed by atoms with van der Waals surface area (Å²) in [5, 5.41) is 0. The Balaban J connectivity index is -0.0000000206. The van der Waals surface area contributed by atoms with E-state index in [1.165, 1.54) is 0 Å². The summed E-state index contributed by atoms with van der Waals surface area (Å²) in [6.45, 7) is 0. The first kappa shape index (κ1) is 42.7. The Bertz CT molecular complexity index is 342. The van der Waals surface area contributed by atoms with Crippen LogP contribution in [0.4, 0.5) is 0 Å². The first-order valence-corrected chi connectivity index (χ1v) is 6.00. The molecule has 2 radical (unpaired) electrons. The number of hydrogen-bond donors (Lipinski definition) is 0. The van der Waals surface area contributed by atoms with Gasteiger partial charge < -0.3 is 38.3 Å². The van der Waals surface area contributed by atoms with Gasteiger partial charge in [0, 0.05) is 31.2 Å². The van der Waals surface area contributed by atoms with Gasteiger partial charge in [-0.15, -0.1) is 0 Å². The Morgan fingerprint density at radius 1 is 0.421 bits per heavy atom. The van der Waals surface area contributed by atoms with Crippen molar-refractivity contribution in [2.75, 3.05) is 0 Å². The molecule has 0 bridgehead atoms. The van der Waals surface area contributed by atoms with Gasteiger partial charge in [0.2, 0.25) is 0 Å². The van der Waals surface area contributed by atoms with Crippen LogP contribution in [0.2, 0.25) is 0 Å². The van der Waals surface area contributed by atoms with Gasteiger partial charge in [-0.2, -0.15) is 0 Å². The topological polar surface area (TPSA) is 304 Å². The summed E-state index contributed by atoms with van der Waals surface area (Å²) in [6, 6.07) is 0. The fourth-order valence-corrected chi connectivity index (χ4v) is 0. The van der Waals surface area contributed by atoms with Crippen LogP contribution in [-0.2, 0) is 65.3 Å². The van der Waals surface area contributed by atoms with Crippen LogP contribution in [0, 0.1) is 0 Å². The molecule has 19 heteroatoms.